The average Bonchev–Trinajstić information content (AvgIpc) is 3.42. The number of hydrogen-bond donors (Lipinski definition) is 3. The number of carbonyl (C=O) groups is 2. The third-order valence-electron chi connectivity index (χ3n) is 4.10. The molecule has 2 aromatic carbocycles. The van der Waals surface area contributed by atoms with E-state index in [1.807, 2.05) is 31.2 Å². The molecule has 130 valence electrons. The average molecular weight is 341 g/mol. The van der Waals surface area contributed by atoms with Crippen molar-refractivity contribution < 1.29 is 14.0 Å². The highest BCUT2D eigenvalue weighted by Gasteiger charge is 2.29. The maximum absolute atomic E-state index is 13.5. The summed E-state index contributed by atoms with van der Waals surface area (Å²) in [5.41, 5.74) is 1.75. The molecule has 2 aromatic rings. The smallest absolute Gasteiger partial charge is 0.319 e. The Balaban J connectivity index is 1.55. The van der Waals surface area contributed by atoms with Crippen LogP contribution in [0.15, 0.2) is 48.5 Å². The van der Waals surface area contributed by atoms with Crippen molar-refractivity contribution >= 4 is 23.3 Å². The Labute approximate surface area is 145 Å². The van der Waals surface area contributed by atoms with Crippen molar-refractivity contribution in [3.8, 4) is 0 Å². The van der Waals surface area contributed by atoms with Gasteiger partial charge in [-0.05, 0) is 49.6 Å². The molecule has 3 N–H and O–H groups in total. The Morgan fingerprint density at radius 1 is 1.04 bits per heavy atom. The number of hydrogen-bond acceptors (Lipinski definition) is 2. The van der Waals surface area contributed by atoms with Crippen LogP contribution in [0.2, 0.25) is 0 Å². The van der Waals surface area contributed by atoms with Gasteiger partial charge in [0.15, 0.2) is 0 Å². The minimum Gasteiger partial charge on any atom is -0.331 e. The third-order valence-corrected chi connectivity index (χ3v) is 4.10. The Morgan fingerprint density at radius 3 is 2.36 bits per heavy atom. The topological polar surface area (TPSA) is 70.2 Å². The van der Waals surface area contributed by atoms with Gasteiger partial charge in [-0.15, -0.1) is 0 Å². The molecule has 0 aliphatic heterocycles. The molecular weight excluding hydrogens is 321 g/mol. The van der Waals surface area contributed by atoms with E-state index >= 15 is 0 Å². The summed E-state index contributed by atoms with van der Waals surface area (Å²) in [7, 11) is 0. The predicted octanol–water partition coefficient (Wildman–Crippen LogP) is 4.06. The van der Waals surface area contributed by atoms with Gasteiger partial charge in [0.2, 0.25) is 5.91 Å². The highest BCUT2D eigenvalue weighted by atomic mass is 19.1. The molecule has 0 spiro atoms. The molecule has 6 heteroatoms. The number of anilines is 2. The van der Waals surface area contributed by atoms with E-state index in [0.29, 0.717) is 0 Å². The number of rotatable bonds is 5. The number of para-hydroxylation sites is 1. The molecule has 0 saturated heterocycles. The van der Waals surface area contributed by atoms with Crippen LogP contribution in [0.4, 0.5) is 20.6 Å². The van der Waals surface area contributed by atoms with Crippen LogP contribution in [0.3, 0.4) is 0 Å². The van der Waals surface area contributed by atoms with Crippen molar-refractivity contribution in [3.05, 3.63) is 59.9 Å². The standard InChI is InChI=1S/C19H20FN3O2/c1-12(21-19(25)23-17-5-3-2-4-16(17)20)13-8-10-15(11-9-13)22-18(24)14-6-7-14/h2-5,8-12,14H,6-7H2,1H3,(H,22,24)(H2,21,23,25). The molecule has 3 amide bonds. The Hall–Kier alpha value is -2.89. The maximum atomic E-state index is 13.5. The first-order valence-corrected chi connectivity index (χ1v) is 8.26. The molecule has 5 nitrogen and oxygen atoms in total. The second-order valence-corrected chi connectivity index (χ2v) is 6.19. The molecule has 1 saturated carbocycles. The van der Waals surface area contributed by atoms with Gasteiger partial charge in [-0.3, -0.25) is 4.79 Å². The Bertz CT molecular complexity index is 772. The van der Waals surface area contributed by atoms with Crippen molar-refractivity contribution in [1.29, 1.82) is 0 Å². The lowest BCUT2D eigenvalue weighted by atomic mass is 10.1. The van der Waals surface area contributed by atoms with E-state index in [2.05, 4.69) is 16.0 Å². The van der Waals surface area contributed by atoms with Crippen LogP contribution in [0.25, 0.3) is 0 Å². The summed E-state index contributed by atoms with van der Waals surface area (Å²) >= 11 is 0. The van der Waals surface area contributed by atoms with Gasteiger partial charge >= 0.3 is 6.03 Å². The largest absolute Gasteiger partial charge is 0.331 e. The Morgan fingerprint density at radius 2 is 1.72 bits per heavy atom. The zero-order chi connectivity index (χ0) is 17.8. The summed E-state index contributed by atoms with van der Waals surface area (Å²) in [5.74, 6) is -0.272. The number of halogens is 1. The number of benzene rings is 2. The maximum Gasteiger partial charge on any atom is 0.319 e. The van der Waals surface area contributed by atoms with E-state index in [1.165, 1.54) is 12.1 Å². The van der Waals surface area contributed by atoms with Crippen molar-refractivity contribution in [2.24, 2.45) is 5.92 Å². The van der Waals surface area contributed by atoms with Crippen LogP contribution in [-0.2, 0) is 4.79 Å². The van der Waals surface area contributed by atoms with Crippen LogP contribution < -0.4 is 16.0 Å². The van der Waals surface area contributed by atoms with Gasteiger partial charge in [-0.25, -0.2) is 9.18 Å². The zero-order valence-electron chi connectivity index (χ0n) is 13.9. The van der Waals surface area contributed by atoms with Crippen molar-refractivity contribution in [3.63, 3.8) is 0 Å². The molecule has 3 rings (SSSR count). The predicted molar refractivity (Wildman–Crippen MR) is 94.8 cm³/mol. The lowest BCUT2D eigenvalue weighted by Crippen LogP contribution is -2.31. The first-order valence-electron chi connectivity index (χ1n) is 8.26. The fourth-order valence-corrected chi connectivity index (χ4v) is 2.45. The van der Waals surface area contributed by atoms with Gasteiger partial charge in [0.1, 0.15) is 5.82 Å². The van der Waals surface area contributed by atoms with Gasteiger partial charge in [-0.1, -0.05) is 24.3 Å². The summed E-state index contributed by atoms with van der Waals surface area (Å²) < 4.78 is 13.5. The zero-order valence-corrected chi connectivity index (χ0v) is 13.9. The van der Waals surface area contributed by atoms with E-state index in [4.69, 9.17) is 0 Å². The summed E-state index contributed by atoms with van der Waals surface area (Å²) in [6.45, 7) is 1.83. The molecule has 1 atom stereocenters. The number of amides is 3. The van der Waals surface area contributed by atoms with Gasteiger partial charge < -0.3 is 16.0 Å². The van der Waals surface area contributed by atoms with Crippen LogP contribution in [0, 0.1) is 11.7 Å². The monoisotopic (exact) mass is 341 g/mol. The number of carbonyl (C=O) groups excluding carboxylic acids is 2. The van der Waals surface area contributed by atoms with Crippen LogP contribution in [-0.4, -0.2) is 11.9 Å². The Kier molecular flexibility index (Phi) is 4.97. The molecule has 0 heterocycles. The fraction of sp³-hybridized carbons (Fsp3) is 0.263. The minimum atomic E-state index is -0.485. The number of nitrogens with one attached hydrogen (secondary N) is 3. The van der Waals surface area contributed by atoms with Crippen molar-refractivity contribution in [2.45, 2.75) is 25.8 Å². The molecule has 1 aliphatic carbocycles. The summed E-state index contributed by atoms with van der Waals surface area (Å²) in [5, 5.41) is 8.11. The van der Waals surface area contributed by atoms with E-state index in [9.17, 15) is 14.0 Å². The van der Waals surface area contributed by atoms with Crippen molar-refractivity contribution in [1.82, 2.24) is 5.32 Å². The van der Waals surface area contributed by atoms with Crippen molar-refractivity contribution in [2.75, 3.05) is 10.6 Å². The van der Waals surface area contributed by atoms with Crippen LogP contribution in [0.1, 0.15) is 31.4 Å². The quantitative estimate of drug-likeness (QED) is 0.767. The molecule has 25 heavy (non-hydrogen) atoms. The second-order valence-electron chi connectivity index (χ2n) is 6.19. The fourth-order valence-electron chi connectivity index (χ4n) is 2.45. The lowest BCUT2D eigenvalue weighted by molar-refractivity contribution is -0.117. The molecule has 1 aliphatic rings. The molecule has 0 radical (unpaired) electrons. The van der Waals surface area contributed by atoms with E-state index in [0.717, 1.165) is 24.1 Å². The van der Waals surface area contributed by atoms with E-state index < -0.39 is 11.8 Å². The first-order chi connectivity index (χ1) is 12.0. The van der Waals surface area contributed by atoms with Gasteiger partial charge in [0, 0.05) is 11.6 Å². The van der Waals surface area contributed by atoms with Gasteiger partial charge in [0.05, 0.1) is 11.7 Å². The molecule has 1 unspecified atom stereocenters. The van der Waals surface area contributed by atoms with E-state index in [-0.39, 0.29) is 23.6 Å². The summed E-state index contributed by atoms with van der Waals surface area (Å²) in [6, 6.07) is 12.5. The molecule has 0 bridgehead atoms. The minimum absolute atomic E-state index is 0.0585. The highest BCUT2D eigenvalue weighted by Crippen LogP contribution is 2.30. The van der Waals surface area contributed by atoms with Crippen LogP contribution in [0.5, 0.6) is 0 Å². The third kappa shape index (κ3) is 4.56. The molecular formula is C19H20FN3O2. The molecule has 0 aromatic heterocycles. The van der Waals surface area contributed by atoms with E-state index in [1.54, 1.807) is 12.1 Å². The number of urea groups is 1. The van der Waals surface area contributed by atoms with Crippen LogP contribution >= 0.6 is 0 Å². The molecule has 1 fully saturated rings. The second kappa shape index (κ2) is 7.34. The lowest BCUT2D eigenvalue weighted by Gasteiger charge is -2.16. The van der Waals surface area contributed by atoms with Gasteiger partial charge in [0.25, 0.3) is 0 Å². The normalized spacial score (nSPS) is 14.5. The first kappa shape index (κ1) is 17.0. The van der Waals surface area contributed by atoms with Gasteiger partial charge in [-0.2, -0.15) is 0 Å². The SMILES string of the molecule is CC(NC(=O)Nc1ccccc1F)c1ccc(NC(=O)C2CC2)cc1. The summed E-state index contributed by atoms with van der Waals surface area (Å²) in [4.78, 5) is 23.7. The summed E-state index contributed by atoms with van der Waals surface area (Å²) in [6.07, 6.45) is 1.92. The highest BCUT2D eigenvalue weighted by molar-refractivity contribution is 5.94.